The van der Waals surface area contributed by atoms with E-state index in [1.165, 1.54) is 0 Å². The minimum atomic E-state index is -0.105. The molecular formula is C12H21N3O3. The van der Waals surface area contributed by atoms with Crippen molar-refractivity contribution >= 4 is 11.7 Å². The van der Waals surface area contributed by atoms with Crippen molar-refractivity contribution in [2.75, 3.05) is 25.0 Å². The first-order valence-electron chi connectivity index (χ1n) is 6.11. The Bertz CT molecular complexity index is 376. The van der Waals surface area contributed by atoms with Gasteiger partial charge >= 0.3 is 0 Å². The molecule has 6 nitrogen and oxygen atoms in total. The molecule has 1 rings (SSSR count). The lowest BCUT2D eigenvalue weighted by atomic mass is 10.2. The fourth-order valence-corrected chi connectivity index (χ4v) is 1.63. The van der Waals surface area contributed by atoms with Crippen molar-refractivity contribution < 1.29 is 14.4 Å². The molecule has 102 valence electrons. The minimum absolute atomic E-state index is 0.0995. The molecule has 1 aromatic heterocycles. The molecule has 1 aromatic rings. The molecule has 0 saturated carbocycles. The van der Waals surface area contributed by atoms with Gasteiger partial charge in [0.2, 0.25) is 5.91 Å². The number of nitrogens with zero attached hydrogens (tertiary/aromatic N) is 2. The van der Waals surface area contributed by atoms with Gasteiger partial charge in [0.15, 0.2) is 5.82 Å². The number of carbonyl (C=O) groups excluding carboxylic acids is 1. The third-order valence-corrected chi connectivity index (χ3v) is 2.64. The van der Waals surface area contributed by atoms with Gasteiger partial charge in [0.25, 0.3) is 0 Å². The summed E-state index contributed by atoms with van der Waals surface area (Å²) in [5, 5.41) is 15.3. The second-order valence-corrected chi connectivity index (χ2v) is 4.47. The average molecular weight is 255 g/mol. The van der Waals surface area contributed by atoms with Gasteiger partial charge in [-0.15, -0.1) is 0 Å². The Kier molecular flexibility index (Phi) is 5.80. The van der Waals surface area contributed by atoms with Crippen LogP contribution in [0.3, 0.4) is 0 Å². The van der Waals surface area contributed by atoms with Crippen LogP contribution in [-0.4, -0.2) is 46.8 Å². The Morgan fingerprint density at radius 3 is 2.78 bits per heavy atom. The van der Waals surface area contributed by atoms with Crippen molar-refractivity contribution in [3.8, 4) is 0 Å². The van der Waals surface area contributed by atoms with E-state index in [2.05, 4.69) is 10.5 Å². The Balaban J connectivity index is 2.35. The van der Waals surface area contributed by atoms with Crippen LogP contribution >= 0.6 is 0 Å². The standard InChI is InChI=1S/C12H21N3O3/c1-9(2)15(6-7-16)5-4-12(17)13-11-8-10(3)18-14-11/h8-9,16H,4-7H2,1-3H3,(H,13,14,17). The molecule has 0 bridgehead atoms. The van der Waals surface area contributed by atoms with E-state index in [1.807, 2.05) is 18.7 Å². The lowest BCUT2D eigenvalue weighted by Gasteiger charge is -2.24. The Morgan fingerprint density at radius 1 is 1.56 bits per heavy atom. The van der Waals surface area contributed by atoms with E-state index < -0.39 is 0 Å². The highest BCUT2D eigenvalue weighted by atomic mass is 16.5. The fraction of sp³-hybridized carbons (Fsp3) is 0.667. The maximum atomic E-state index is 11.7. The van der Waals surface area contributed by atoms with Crippen molar-refractivity contribution in [1.82, 2.24) is 10.1 Å². The van der Waals surface area contributed by atoms with Crippen LogP contribution in [-0.2, 0) is 4.79 Å². The first-order chi connectivity index (χ1) is 8.52. The monoisotopic (exact) mass is 255 g/mol. The first-order valence-corrected chi connectivity index (χ1v) is 6.11. The van der Waals surface area contributed by atoms with Gasteiger partial charge < -0.3 is 14.9 Å². The smallest absolute Gasteiger partial charge is 0.226 e. The molecule has 0 saturated heterocycles. The van der Waals surface area contributed by atoms with Gasteiger partial charge in [-0.25, -0.2) is 0 Å². The molecule has 6 heteroatoms. The number of carbonyl (C=O) groups is 1. The maximum absolute atomic E-state index is 11.7. The van der Waals surface area contributed by atoms with Crippen molar-refractivity contribution in [2.24, 2.45) is 0 Å². The van der Waals surface area contributed by atoms with Crippen LogP contribution in [0.1, 0.15) is 26.0 Å². The third kappa shape index (κ3) is 4.85. The quantitative estimate of drug-likeness (QED) is 0.760. The molecule has 0 aliphatic rings. The van der Waals surface area contributed by atoms with E-state index in [4.69, 9.17) is 9.63 Å². The number of anilines is 1. The zero-order valence-corrected chi connectivity index (χ0v) is 11.1. The maximum Gasteiger partial charge on any atom is 0.226 e. The van der Waals surface area contributed by atoms with Crippen LogP contribution in [0.15, 0.2) is 10.6 Å². The number of amides is 1. The Hall–Kier alpha value is -1.40. The lowest BCUT2D eigenvalue weighted by molar-refractivity contribution is -0.116. The van der Waals surface area contributed by atoms with Gasteiger partial charge in [-0.1, -0.05) is 5.16 Å². The number of hydrogen-bond donors (Lipinski definition) is 2. The number of nitrogens with one attached hydrogen (secondary N) is 1. The van der Waals surface area contributed by atoms with E-state index in [-0.39, 0.29) is 12.5 Å². The van der Waals surface area contributed by atoms with Crippen LogP contribution in [0, 0.1) is 6.92 Å². The zero-order valence-electron chi connectivity index (χ0n) is 11.1. The summed E-state index contributed by atoms with van der Waals surface area (Å²) in [5.74, 6) is 0.997. The molecule has 0 fully saturated rings. The average Bonchev–Trinajstić information content (AvgIpc) is 2.69. The van der Waals surface area contributed by atoms with E-state index in [0.717, 1.165) is 0 Å². The largest absolute Gasteiger partial charge is 0.395 e. The van der Waals surface area contributed by atoms with Crippen LogP contribution in [0.5, 0.6) is 0 Å². The summed E-state index contributed by atoms with van der Waals surface area (Å²) in [6.07, 6.45) is 0.365. The minimum Gasteiger partial charge on any atom is -0.395 e. The summed E-state index contributed by atoms with van der Waals surface area (Å²) in [5.41, 5.74) is 0. The van der Waals surface area contributed by atoms with E-state index in [1.54, 1.807) is 13.0 Å². The fourth-order valence-electron chi connectivity index (χ4n) is 1.63. The van der Waals surface area contributed by atoms with Crippen molar-refractivity contribution in [2.45, 2.75) is 33.2 Å². The summed E-state index contributed by atoms with van der Waals surface area (Å²) in [4.78, 5) is 13.7. The van der Waals surface area contributed by atoms with Gasteiger partial charge in [-0.2, -0.15) is 0 Å². The molecule has 2 N–H and O–H groups in total. The highest BCUT2D eigenvalue weighted by Crippen LogP contribution is 2.07. The van der Waals surface area contributed by atoms with Crippen LogP contribution < -0.4 is 5.32 Å². The molecule has 0 spiro atoms. The van der Waals surface area contributed by atoms with Crippen molar-refractivity contribution in [3.63, 3.8) is 0 Å². The van der Waals surface area contributed by atoms with Gasteiger partial charge in [0, 0.05) is 31.6 Å². The number of rotatable bonds is 7. The Labute approximate surface area is 107 Å². The van der Waals surface area contributed by atoms with Gasteiger partial charge in [0.1, 0.15) is 5.76 Å². The van der Waals surface area contributed by atoms with Crippen LogP contribution in [0.4, 0.5) is 5.82 Å². The van der Waals surface area contributed by atoms with Gasteiger partial charge in [0.05, 0.1) is 6.61 Å². The second-order valence-electron chi connectivity index (χ2n) is 4.47. The predicted octanol–water partition coefficient (Wildman–Crippen LogP) is 1.01. The molecule has 1 heterocycles. The van der Waals surface area contributed by atoms with Crippen LogP contribution in [0.25, 0.3) is 0 Å². The van der Waals surface area contributed by atoms with Crippen molar-refractivity contribution in [3.05, 3.63) is 11.8 Å². The lowest BCUT2D eigenvalue weighted by Crippen LogP contribution is -2.35. The first kappa shape index (κ1) is 14.7. The number of aliphatic hydroxyl groups excluding tert-OH is 1. The molecular weight excluding hydrogens is 234 g/mol. The van der Waals surface area contributed by atoms with E-state index in [0.29, 0.717) is 37.1 Å². The second kappa shape index (κ2) is 7.13. The molecule has 0 unspecified atom stereocenters. The molecule has 0 aromatic carbocycles. The highest BCUT2D eigenvalue weighted by Gasteiger charge is 2.12. The third-order valence-electron chi connectivity index (χ3n) is 2.64. The molecule has 18 heavy (non-hydrogen) atoms. The summed E-state index contributed by atoms with van der Waals surface area (Å²) in [6, 6.07) is 1.98. The highest BCUT2D eigenvalue weighted by molar-refractivity contribution is 5.89. The molecule has 1 amide bonds. The zero-order chi connectivity index (χ0) is 13.5. The number of aliphatic hydroxyl groups is 1. The number of aryl methyl sites for hydroxylation is 1. The summed E-state index contributed by atoms with van der Waals surface area (Å²) in [6.45, 7) is 7.13. The number of hydrogen-bond acceptors (Lipinski definition) is 5. The molecule has 0 atom stereocenters. The van der Waals surface area contributed by atoms with E-state index in [9.17, 15) is 4.79 Å². The van der Waals surface area contributed by atoms with Gasteiger partial charge in [-0.05, 0) is 20.8 Å². The Morgan fingerprint density at radius 2 is 2.28 bits per heavy atom. The predicted molar refractivity (Wildman–Crippen MR) is 68.3 cm³/mol. The SMILES string of the molecule is Cc1cc(NC(=O)CCN(CCO)C(C)C)no1. The summed E-state index contributed by atoms with van der Waals surface area (Å²) in [7, 11) is 0. The van der Waals surface area contributed by atoms with Crippen molar-refractivity contribution in [1.29, 1.82) is 0 Å². The molecule has 0 radical (unpaired) electrons. The molecule has 0 aliphatic heterocycles. The number of aromatic nitrogens is 1. The normalized spacial score (nSPS) is 11.2. The van der Waals surface area contributed by atoms with Gasteiger partial charge in [-0.3, -0.25) is 9.69 Å². The van der Waals surface area contributed by atoms with E-state index >= 15 is 0 Å². The summed E-state index contributed by atoms with van der Waals surface area (Å²) < 4.78 is 4.86. The van der Waals surface area contributed by atoms with Crippen LogP contribution in [0.2, 0.25) is 0 Å². The molecule has 0 aliphatic carbocycles. The summed E-state index contributed by atoms with van der Waals surface area (Å²) >= 11 is 0. The topological polar surface area (TPSA) is 78.6 Å².